The van der Waals surface area contributed by atoms with Crippen molar-refractivity contribution < 1.29 is 21.5 Å². The zero-order valence-electron chi connectivity index (χ0n) is 15.0. The SMILES string of the molecule is CCCCCC(CCc1c(C)cc(C)cc1C)[n+]1cc[nH]c1.[Br-]. The van der Waals surface area contributed by atoms with Gasteiger partial charge in [0.05, 0.1) is 0 Å². The third kappa shape index (κ3) is 5.80. The summed E-state index contributed by atoms with van der Waals surface area (Å²) in [4.78, 5) is 3.19. The predicted molar refractivity (Wildman–Crippen MR) is 93.1 cm³/mol. The van der Waals surface area contributed by atoms with Gasteiger partial charge >= 0.3 is 0 Å². The van der Waals surface area contributed by atoms with Gasteiger partial charge in [-0.2, -0.15) is 0 Å². The second-order valence-electron chi connectivity index (χ2n) is 6.62. The van der Waals surface area contributed by atoms with Crippen LogP contribution in [0.2, 0.25) is 0 Å². The minimum absolute atomic E-state index is 0. The number of benzene rings is 1. The average Bonchev–Trinajstić information content (AvgIpc) is 2.98. The quantitative estimate of drug-likeness (QED) is 0.535. The fourth-order valence-electron chi connectivity index (χ4n) is 3.52. The van der Waals surface area contributed by atoms with Crippen molar-refractivity contribution in [3.8, 4) is 0 Å². The van der Waals surface area contributed by atoms with Gasteiger partial charge < -0.3 is 17.0 Å². The maximum Gasteiger partial charge on any atom is 0.241 e. The van der Waals surface area contributed by atoms with E-state index in [-0.39, 0.29) is 17.0 Å². The lowest BCUT2D eigenvalue weighted by Crippen LogP contribution is -3.00. The van der Waals surface area contributed by atoms with Gasteiger partial charge in [0.1, 0.15) is 18.4 Å². The topological polar surface area (TPSA) is 19.7 Å². The molecule has 0 fully saturated rings. The number of aryl methyl sites for hydroxylation is 3. The third-order valence-electron chi connectivity index (χ3n) is 4.70. The van der Waals surface area contributed by atoms with Crippen molar-refractivity contribution in [3.05, 3.63) is 53.1 Å². The van der Waals surface area contributed by atoms with Gasteiger partial charge in [0.2, 0.25) is 6.33 Å². The number of H-pyrrole nitrogens is 1. The van der Waals surface area contributed by atoms with Gasteiger partial charge in [-0.1, -0.05) is 37.5 Å². The van der Waals surface area contributed by atoms with Crippen molar-refractivity contribution >= 4 is 0 Å². The highest BCUT2D eigenvalue weighted by molar-refractivity contribution is 5.37. The number of unbranched alkanes of at least 4 members (excludes halogenated alkanes) is 2. The van der Waals surface area contributed by atoms with E-state index in [2.05, 4.69) is 61.9 Å². The van der Waals surface area contributed by atoms with E-state index in [0.29, 0.717) is 6.04 Å². The van der Waals surface area contributed by atoms with Gasteiger partial charge in [-0.15, -0.1) is 0 Å². The highest BCUT2D eigenvalue weighted by Crippen LogP contribution is 2.22. The number of halogens is 1. The van der Waals surface area contributed by atoms with E-state index >= 15 is 0 Å². The molecule has 2 nitrogen and oxygen atoms in total. The number of hydrogen-bond donors (Lipinski definition) is 1. The van der Waals surface area contributed by atoms with Crippen LogP contribution >= 0.6 is 0 Å². The van der Waals surface area contributed by atoms with Gasteiger partial charge in [-0.05, 0) is 63.1 Å². The number of nitrogens with one attached hydrogen (secondary N) is 1. The van der Waals surface area contributed by atoms with Crippen molar-refractivity contribution in [2.24, 2.45) is 0 Å². The number of aromatic nitrogens is 2. The van der Waals surface area contributed by atoms with E-state index in [9.17, 15) is 0 Å². The molecular formula is C20H31BrN2. The van der Waals surface area contributed by atoms with Crippen LogP contribution in [0.5, 0.6) is 0 Å². The van der Waals surface area contributed by atoms with Crippen molar-refractivity contribution in [1.82, 2.24) is 4.98 Å². The minimum Gasteiger partial charge on any atom is -1.00 e. The number of nitrogens with zero attached hydrogens (tertiary/aromatic N) is 1. The molecule has 0 amide bonds. The van der Waals surface area contributed by atoms with Crippen LogP contribution in [0, 0.1) is 20.8 Å². The average molecular weight is 379 g/mol. The number of hydrogen-bond acceptors (Lipinski definition) is 0. The first-order valence-electron chi connectivity index (χ1n) is 8.72. The van der Waals surface area contributed by atoms with E-state index in [4.69, 9.17) is 0 Å². The van der Waals surface area contributed by atoms with E-state index in [1.54, 1.807) is 5.56 Å². The van der Waals surface area contributed by atoms with Gasteiger partial charge in [-0.3, -0.25) is 4.98 Å². The van der Waals surface area contributed by atoms with Crippen molar-refractivity contribution in [1.29, 1.82) is 0 Å². The summed E-state index contributed by atoms with van der Waals surface area (Å²) >= 11 is 0. The first-order valence-corrected chi connectivity index (χ1v) is 8.72. The van der Waals surface area contributed by atoms with Crippen molar-refractivity contribution in [3.63, 3.8) is 0 Å². The molecule has 0 spiro atoms. The van der Waals surface area contributed by atoms with Crippen LogP contribution < -0.4 is 21.5 Å². The lowest BCUT2D eigenvalue weighted by molar-refractivity contribution is -0.723. The Morgan fingerprint density at radius 1 is 1.04 bits per heavy atom. The lowest BCUT2D eigenvalue weighted by atomic mass is 9.93. The highest BCUT2D eigenvalue weighted by Gasteiger charge is 2.16. The molecule has 0 saturated heterocycles. The van der Waals surface area contributed by atoms with Crippen LogP contribution in [-0.4, -0.2) is 4.98 Å². The maximum atomic E-state index is 3.19. The molecule has 0 aliphatic carbocycles. The number of imidazole rings is 1. The van der Waals surface area contributed by atoms with Crippen molar-refractivity contribution in [2.45, 2.75) is 72.3 Å². The van der Waals surface area contributed by atoms with Gasteiger partial charge in [0, 0.05) is 0 Å². The Morgan fingerprint density at radius 2 is 1.74 bits per heavy atom. The third-order valence-corrected chi connectivity index (χ3v) is 4.70. The Hall–Kier alpha value is -1.09. The van der Waals surface area contributed by atoms with Crippen LogP contribution in [0.4, 0.5) is 0 Å². The molecule has 1 atom stereocenters. The lowest BCUT2D eigenvalue weighted by Gasteiger charge is -2.16. The summed E-state index contributed by atoms with van der Waals surface area (Å²) in [5.41, 5.74) is 5.81. The molecule has 0 aliphatic heterocycles. The number of aromatic amines is 1. The molecule has 1 N–H and O–H groups in total. The fourth-order valence-corrected chi connectivity index (χ4v) is 3.52. The largest absolute Gasteiger partial charge is 1.00 e. The molecule has 0 radical (unpaired) electrons. The molecule has 0 bridgehead atoms. The minimum atomic E-state index is 0. The van der Waals surface area contributed by atoms with Gasteiger partial charge in [-0.25, -0.2) is 4.57 Å². The normalized spacial score (nSPS) is 12.0. The monoisotopic (exact) mass is 378 g/mol. The molecular weight excluding hydrogens is 348 g/mol. The number of rotatable bonds is 8. The maximum absolute atomic E-state index is 3.19. The first kappa shape index (κ1) is 20.0. The summed E-state index contributed by atoms with van der Waals surface area (Å²) in [6.07, 6.45) is 13.9. The standard InChI is InChI=1S/C20H30N2.BrH/c1-5-6-7-8-19(22-12-11-21-15-22)9-10-20-17(3)13-16(2)14-18(20)4;/h11-15,19H,5-10H2,1-4H3;1H. The summed E-state index contributed by atoms with van der Waals surface area (Å²) < 4.78 is 2.36. The van der Waals surface area contributed by atoms with E-state index < -0.39 is 0 Å². The molecule has 23 heavy (non-hydrogen) atoms. The first-order chi connectivity index (χ1) is 10.6. The summed E-state index contributed by atoms with van der Waals surface area (Å²) in [5, 5.41) is 0. The molecule has 128 valence electrons. The summed E-state index contributed by atoms with van der Waals surface area (Å²) in [5.74, 6) is 0. The predicted octanol–water partition coefficient (Wildman–Crippen LogP) is 1.99. The van der Waals surface area contributed by atoms with E-state index in [0.717, 1.165) is 0 Å². The Balaban J connectivity index is 0.00000264. The van der Waals surface area contributed by atoms with Crippen molar-refractivity contribution in [2.75, 3.05) is 0 Å². The Morgan fingerprint density at radius 3 is 2.30 bits per heavy atom. The highest BCUT2D eigenvalue weighted by atomic mass is 79.9. The molecule has 2 rings (SSSR count). The molecule has 1 unspecified atom stereocenters. The Kier molecular flexibility index (Phi) is 8.60. The summed E-state index contributed by atoms with van der Waals surface area (Å²) in [7, 11) is 0. The molecule has 1 heterocycles. The fraction of sp³-hybridized carbons (Fsp3) is 0.550. The van der Waals surface area contributed by atoms with Crippen LogP contribution in [0.15, 0.2) is 30.9 Å². The molecule has 0 aliphatic rings. The second-order valence-corrected chi connectivity index (χ2v) is 6.62. The summed E-state index contributed by atoms with van der Waals surface area (Å²) in [6.45, 7) is 8.97. The Labute approximate surface area is 152 Å². The van der Waals surface area contributed by atoms with Crippen LogP contribution in [-0.2, 0) is 6.42 Å². The van der Waals surface area contributed by atoms with Crippen LogP contribution in [0.1, 0.15) is 67.3 Å². The Bertz CT molecular complexity index is 552. The summed E-state index contributed by atoms with van der Waals surface area (Å²) in [6, 6.07) is 5.24. The molecule has 3 heteroatoms. The van der Waals surface area contributed by atoms with Gasteiger partial charge in [0.25, 0.3) is 0 Å². The zero-order chi connectivity index (χ0) is 15.9. The molecule has 1 aromatic heterocycles. The van der Waals surface area contributed by atoms with Crippen LogP contribution in [0.3, 0.4) is 0 Å². The molecule has 0 saturated carbocycles. The van der Waals surface area contributed by atoms with E-state index in [1.165, 1.54) is 55.2 Å². The molecule has 2 aromatic rings. The van der Waals surface area contributed by atoms with E-state index in [1.807, 2.05) is 6.20 Å². The van der Waals surface area contributed by atoms with Gasteiger partial charge in [0.15, 0.2) is 0 Å². The molecule has 1 aromatic carbocycles. The zero-order valence-corrected chi connectivity index (χ0v) is 16.6. The smallest absolute Gasteiger partial charge is 0.241 e. The second kappa shape index (κ2) is 9.92. The van der Waals surface area contributed by atoms with Crippen LogP contribution in [0.25, 0.3) is 0 Å².